The Bertz CT molecular complexity index is 340. The summed E-state index contributed by atoms with van der Waals surface area (Å²) in [5.74, 6) is 1.48. The van der Waals surface area contributed by atoms with E-state index in [1.807, 2.05) is 0 Å². The average molecular weight is 337 g/mol. The smallest absolute Gasteiger partial charge is 0.333 e. The molecule has 0 aromatic heterocycles. The monoisotopic (exact) mass is 336 g/mol. The number of esters is 1. The van der Waals surface area contributed by atoms with Gasteiger partial charge in [-0.25, -0.2) is 4.79 Å². The normalized spacial score (nSPS) is 20.8. The van der Waals surface area contributed by atoms with E-state index in [0.29, 0.717) is 12.2 Å². The van der Waals surface area contributed by atoms with Gasteiger partial charge in [0, 0.05) is 5.57 Å². The van der Waals surface area contributed by atoms with Crippen LogP contribution in [0.3, 0.4) is 0 Å². The Hall–Kier alpha value is -0.790. The summed E-state index contributed by atoms with van der Waals surface area (Å²) in [5.41, 5.74) is 0.504. The van der Waals surface area contributed by atoms with Gasteiger partial charge in [-0.05, 0) is 25.2 Å². The summed E-state index contributed by atoms with van der Waals surface area (Å²) >= 11 is 0. The highest BCUT2D eigenvalue weighted by Gasteiger charge is 2.21. The van der Waals surface area contributed by atoms with Gasteiger partial charge in [0.15, 0.2) is 0 Å². The maximum absolute atomic E-state index is 11.4. The van der Waals surface area contributed by atoms with E-state index < -0.39 is 0 Å². The highest BCUT2D eigenvalue weighted by Crippen LogP contribution is 2.33. The van der Waals surface area contributed by atoms with Crippen LogP contribution in [0.25, 0.3) is 0 Å². The van der Waals surface area contributed by atoms with Gasteiger partial charge in [0.25, 0.3) is 0 Å². The van der Waals surface area contributed by atoms with Gasteiger partial charge in [0.1, 0.15) is 0 Å². The Labute approximate surface area is 150 Å². The molecule has 0 atom stereocenters. The molecule has 0 spiro atoms. The summed E-state index contributed by atoms with van der Waals surface area (Å²) in [4.78, 5) is 11.4. The van der Waals surface area contributed by atoms with Gasteiger partial charge in [-0.3, -0.25) is 0 Å². The summed E-state index contributed by atoms with van der Waals surface area (Å²) in [5, 5.41) is 0. The van der Waals surface area contributed by atoms with Crippen LogP contribution in [0.15, 0.2) is 12.2 Å². The Morgan fingerprint density at radius 2 is 1.38 bits per heavy atom. The van der Waals surface area contributed by atoms with Gasteiger partial charge in [0.2, 0.25) is 0 Å². The van der Waals surface area contributed by atoms with Gasteiger partial charge in [0.05, 0.1) is 6.61 Å². The minimum atomic E-state index is -0.238. The van der Waals surface area contributed by atoms with Gasteiger partial charge in [-0.1, -0.05) is 97.0 Å². The molecule has 0 unspecified atom stereocenters. The molecule has 0 N–H and O–H groups in total. The van der Waals surface area contributed by atoms with E-state index in [1.165, 1.54) is 83.5 Å². The topological polar surface area (TPSA) is 26.3 Å². The highest BCUT2D eigenvalue weighted by atomic mass is 16.5. The van der Waals surface area contributed by atoms with E-state index in [0.717, 1.165) is 18.3 Å². The molecule has 1 rings (SSSR count). The molecule has 0 bridgehead atoms. The van der Waals surface area contributed by atoms with Crippen molar-refractivity contribution < 1.29 is 9.53 Å². The minimum absolute atomic E-state index is 0.238. The fourth-order valence-electron chi connectivity index (χ4n) is 3.82. The lowest BCUT2D eigenvalue weighted by Crippen LogP contribution is -2.17. The fraction of sp³-hybridized carbons (Fsp3) is 0.864. The van der Waals surface area contributed by atoms with Crippen molar-refractivity contribution in [3.8, 4) is 0 Å². The second kappa shape index (κ2) is 13.5. The molecule has 0 aromatic rings. The third-order valence-corrected chi connectivity index (χ3v) is 5.54. The van der Waals surface area contributed by atoms with Crippen molar-refractivity contribution in [3.63, 3.8) is 0 Å². The van der Waals surface area contributed by atoms with Crippen LogP contribution < -0.4 is 0 Å². The number of hydrogen-bond acceptors (Lipinski definition) is 2. The van der Waals surface area contributed by atoms with E-state index in [2.05, 4.69) is 13.5 Å². The average Bonchev–Trinajstić information content (AvgIpc) is 2.58. The summed E-state index contributed by atoms with van der Waals surface area (Å²) in [6, 6.07) is 0. The molecule has 1 aliphatic carbocycles. The lowest BCUT2D eigenvalue weighted by atomic mass is 9.78. The third-order valence-electron chi connectivity index (χ3n) is 5.54. The van der Waals surface area contributed by atoms with Crippen LogP contribution in [0.4, 0.5) is 0 Å². The molecule has 1 aliphatic rings. The molecule has 140 valence electrons. The molecular formula is C22H40O2. The molecule has 0 radical (unpaired) electrons. The zero-order valence-corrected chi connectivity index (χ0v) is 16.3. The lowest BCUT2D eigenvalue weighted by Gasteiger charge is -2.28. The Balaban J connectivity index is 1.94. The van der Waals surface area contributed by atoms with Crippen LogP contribution in [0.5, 0.6) is 0 Å². The largest absolute Gasteiger partial charge is 0.462 e. The van der Waals surface area contributed by atoms with Crippen molar-refractivity contribution >= 4 is 5.97 Å². The lowest BCUT2D eigenvalue weighted by molar-refractivity contribution is -0.139. The zero-order chi connectivity index (χ0) is 17.6. The summed E-state index contributed by atoms with van der Waals surface area (Å²) in [7, 11) is 0. The van der Waals surface area contributed by atoms with Crippen molar-refractivity contribution in [1.82, 2.24) is 0 Å². The number of carbonyl (C=O) groups excluding carboxylic acids is 1. The van der Waals surface area contributed by atoms with Gasteiger partial charge in [-0.15, -0.1) is 0 Å². The third kappa shape index (κ3) is 10.2. The molecule has 0 saturated heterocycles. The SMILES string of the molecule is C=C(C)C(=O)OCCC1CCC(CCCCCCCCCC)CC1. The Kier molecular flexibility index (Phi) is 12.0. The van der Waals surface area contributed by atoms with Crippen LogP contribution in [0, 0.1) is 11.8 Å². The first-order valence-corrected chi connectivity index (χ1v) is 10.5. The van der Waals surface area contributed by atoms with Gasteiger partial charge in [-0.2, -0.15) is 0 Å². The quantitative estimate of drug-likeness (QED) is 0.209. The molecule has 0 heterocycles. The van der Waals surface area contributed by atoms with E-state index in [4.69, 9.17) is 4.74 Å². The molecule has 0 aromatic carbocycles. The van der Waals surface area contributed by atoms with Crippen molar-refractivity contribution in [2.24, 2.45) is 11.8 Å². The van der Waals surface area contributed by atoms with E-state index >= 15 is 0 Å². The number of rotatable bonds is 13. The standard InChI is InChI=1S/C22H40O2/c1-4-5-6-7-8-9-10-11-12-20-13-15-21(16-14-20)17-18-24-22(23)19(2)3/h20-21H,2,4-18H2,1,3H3. The van der Waals surface area contributed by atoms with Crippen molar-refractivity contribution in [2.45, 2.75) is 104 Å². The summed E-state index contributed by atoms with van der Waals surface area (Å²) in [6.07, 6.45) is 19.3. The Morgan fingerprint density at radius 1 is 0.875 bits per heavy atom. The van der Waals surface area contributed by atoms with Crippen molar-refractivity contribution in [2.75, 3.05) is 6.61 Å². The number of ether oxygens (including phenoxy) is 1. The zero-order valence-electron chi connectivity index (χ0n) is 16.3. The second-order valence-electron chi connectivity index (χ2n) is 7.86. The van der Waals surface area contributed by atoms with Gasteiger partial charge < -0.3 is 4.74 Å². The summed E-state index contributed by atoms with van der Waals surface area (Å²) in [6.45, 7) is 8.17. The van der Waals surface area contributed by atoms with E-state index in [9.17, 15) is 4.79 Å². The molecule has 2 nitrogen and oxygen atoms in total. The predicted molar refractivity (Wildman–Crippen MR) is 103 cm³/mol. The number of carbonyl (C=O) groups is 1. The van der Waals surface area contributed by atoms with Crippen LogP contribution in [-0.2, 0) is 9.53 Å². The molecular weight excluding hydrogens is 296 g/mol. The first kappa shape index (κ1) is 21.3. The molecule has 0 aliphatic heterocycles. The minimum Gasteiger partial charge on any atom is -0.462 e. The summed E-state index contributed by atoms with van der Waals surface area (Å²) < 4.78 is 5.22. The fourth-order valence-corrected chi connectivity index (χ4v) is 3.82. The van der Waals surface area contributed by atoms with Crippen LogP contribution in [-0.4, -0.2) is 12.6 Å². The van der Waals surface area contributed by atoms with Crippen molar-refractivity contribution in [3.05, 3.63) is 12.2 Å². The predicted octanol–water partition coefficient (Wildman–Crippen LogP) is 6.83. The maximum atomic E-state index is 11.4. The highest BCUT2D eigenvalue weighted by molar-refractivity contribution is 5.86. The first-order chi connectivity index (χ1) is 11.6. The molecule has 1 saturated carbocycles. The molecule has 0 amide bonds. The maximum Gasteiger partial charge on any atom is 0.333 e. The second-order valence-corrected chi connectivity index (χ2v) is 7.86. The van der Waals surface area contributed by atoms with Gasteiger partial charge >= 0.3 is 5.97 Å². The van der Waals surface area contributed by atoms with E-state index in [1.54, 1.807) is 6.92 Å². The number of unbranched alkanes of at least 4 members (excludes halogenated alkanes) is 7. The first-order valence-electron chi connectivity index (χ1n) is 10.5. The Morgan fingerprint density at radius 3 is 1.92 bits per heavy atom. The van der Waals surface area contributed by atoms with Crippen LogP contribution in [0.2, 0.25) is 0 Å². The van der Waals surface area contributed by atoms with Crippen LogP contribution in [0.1, 0.15) is 104 Å². The number of hydrogen-bond donors (Lipinski definition) is 0. The van der Waals surface area contributed by atoms with Crippen LogP contribution >= 0.6 is 0 Å². The molecule has 1 fully saturated rings. The molecule has 24 heavy (non-hydrogen) atoms. The van der Waals surface area contributed by atoms with E-state index in [-0.39, 0.29) is 5.97 Å². The molecule has 2 heteroatoms. The van der Waals surface area contributed by atoms with Crippen molar-refractivity contribution in [1.29, 1.82) is 0 Å².